The number of rotatable bonds is 5. The van der Waals surface area contributed by atoms with Crippen molar-refractivity contribution in [3.05, 3.63) is 5.82 Å². The molecule has 0 amide bonds. The van der Waals surface area contributed by atoms with Gasteiger partial charge in [0.2, 0.25) is 0 Å². The summed E-state index contributed by atoms with van der Waals surface area (Å²) in [5.74, 6) is 1.84. The molecule has 4 nitrogen and oxygen atoms in total. The topological polar surface area (TPSA) is 50.9 Å². The number of thioether (sulfide) groups is 1. The van der Waals surface area contributed by atoms with Gasteiger partial charge < -0.3 is 9.67 Å². The zero-order valence-corrected chi connectivity index (χ0v) is 11.2. The largest absolute Gasteiger partial charge is 0.392 e. The molecular weight excluding hydrogens is 234 g/mol. The Kier molecular flexibility index (Phi) is 2.91. The van der Waals surface area contributed by atoms with Crippen molar-refractivity contribution in [2.75, 3.05) is 0 Å². The number of nitrogens with zero attached hydrogens (tertiary/aromatic N) is 3. The molecule has 1 aromatic heterocycles. The lowest BCUT2D eigenvalue weighted by molar-refractivity contribution is 0.196. The van der Waals surface area contributed by atoms with Gasteiger partial charge in [0, 0.05) is 17.2 Å². The molecule has 94 valence electrons. The maximum Gasteiger partial charge on any atom is 0.191 e. The van der Waals surface area contributed by atoms with Crippen LogP contribution in [0.25, 0.3) is 0 Å². The van der Waals surface area contributed by atoms with Crippen molar-refractivity contribution >= 4 is 11.8 Å². The molecule has 2 atom stereocenters. The molecular formula is C12H19N3OS. The fraction of sp³-hybridized carbons (Fsp3) is 0.833. The Hall–Kier alpha value is -0.550. The average molecular weight is 253 g/mol. The van der Waals surface area contributed by atoms with Crippen molar-refractivity contribution < 1.29 is 5.11 Å². The molecule has 2 saturated carbocycles. The van der Waals surface area contributed by atoms with E-state index in [0.717, 1.165) is 5.16 Å². The minimum atomic E-state index is -0.311. The summed E-state index contributed by atoms with van der Waals surface area (Å²) in [6.07, 6.45) is 4.74. The van der Waals surface area contributed by atoms with Crippen LogP contribution in [0.3, 0.4) is 0 Å². The van der Waals surface area contributed by atoms with E-state index in [0.29, 0.717) is 12.0 Å². The van der Waals surface area contributed by atoms with Crippen molar-refractivity contribution in [3.63, 3.8) is 0 Å². The van der Waals surface area contributed by atoms with E-state index in [4.69, 9.17) is 0 Å². The summed E-state index contributed by atoms with van der Waals surface area (Å²) in [6.45, 7) is 3.87. The summed E-state index contributed by atoms with van der Waals surface area (Å²) in [5, 5.41) is 19.4. The molecule has 0 bridgehead atoms. The zero-order chi connectivity index (χ0) is 12.0. The first-order valence-corrected chi connectivity index (χ1v) is 7.34. The smallest absolute Gasteiger partial charge is 0.191 e. The van der Waals surface area contributed by atoms with Gasteiger partial charge in [0.25, 0.3) is 0 Å². The lowest BCUT2D eigenvalue weighted by Crippen LogP contribution is -2.16. The van der Waals surface area contributed by atoms with E-state index < -0.39 is 0 Å². The molecule has 5 heteroatoms. The van der Waals surface area contributed by atoms with Gasteiger partial charge in [-0.05, 0) is 32.6 Å². The van der Waals surface area contributed by atoms with Crippen LogP contribution in [-0.2, 0) is 0 Å². The molecule has 0 saturated heterocycles. The summed E-state index contributed by atoms with van der Waals surface area (Å²) < 4.78 is 2.33. The highest BCUT2D eigenvalue weighted by molar-refractivity contribution is 7.99. The van der Waals surface area contributed by atoms with Gasteiger partial charge in [0.15, 0.2) is 5.16 Å². The second-order valence-electron chi connectivity index (χ2n) is 5.28. The van der Waals surface area contributed by atoms with Crippen LogP contribution in [-0.4, -0.2) is 31.2 Å². The highest BCUT2D eigenvalue weighted by Crippen LogP contribution is 2.46. The van der Waals surface area contributed by atoms with E-state index >= 15 is 0 Å². The maximum atomic E-state index is 9.58. The lowest BCUT2D eigenvalue weighted by Gasteiger charge is -2.14. The first-order chi connectivity index (χ1) is 8.16. The van der Waals surface area contributed by atoms with Gasteiger partial charge in [0.05, 0.1) is 6.10 Å². The molecule has 17 heavy (non-hydrogen) atoms. The molecule has 1 heterocycles. The first kappa shape index (κ1) is 11.5. The van der Waals surface area contributed by atoms with Gasteiger partial charge in [-0.3, -0.25) is 0 Å². The number of hydrogen-bond donors (Lipinski definition) is 1. The highest BCUT2D eigenvalue weighted by atomic mass is 32.2. The van der Waals surface area contributed by atoms with Crippen LogP contribution >= 0.6 is 11.8 Å². The van der Waals surface area contributed by atoms with Crippen LogP contribution in [0.15, 0.2) is 5.16 Å². The number of aliphatic hydroxyl groups excluding tert-OH is 1. The summed E-state index contributed by atoms with van der Waals surface area (Å²) in [7, 11) is 0. The third-order valence-electron chi connectivity index (χ3n) is 3.52. The summed E-state index contributed by atoms with van der Waals surface area (Å²) in [4.78, 5) is 0. The van der Waals surface area contributed by atoms with Gasteiger partial charge in [-0.1, -0.05) is 18.7 Å². The van der Waals surface area contributed by atoms with Gasteiger partial charge in [-0.15, -0.1) is 10.2 Å². The van der Waals surface area contributed by atoms with Crippen LogP contribution in [0.5, 0.6) is 0 Å². The summed E-state index contributed by atoms with van der Waals surface area (Å²) >= 11 is 1.65. The highest BCUT2D eigenvalue weighted by Gasteiger charge is 2.36. The van der Waals surface area contributed by atoms with E-state index in [9.17, 15) is 5.11 Å². The fourth-order valence-electron chi connectivity index (χ4n) is 1.93. The third kappa shape index (κ3) is 2.36. The minimum absolute atomic E-state index is 0.170. The van der Waals surface area contributed by atoms with Crippen LogP contribution in [0, 0.1) is 0 Å². The molecule has 2 aliphatic carbocycles. The quantitative estimate of drug-likeness (QED) is 0.818. The maximum absolute atomic E-state index is 9.58. The second-order valence-corrected chi connectivity index (χ2v) is 6.62. The van der Waals surface area contributed by atoms with Crippen molar-refractivity contribution in [1.82, 2.24) is 14.8 Å². The number of aliphatic hydroxyl groups is 1. The van der Waals surface area contributed by atoms with E-state index in [-0.39, 0.29) is 11.4 Å². The van der Waals surface area contributed by atoms with E-state index in [2.05, 4.69) is 14.8 Å². The van der Waals surface area contributed by atoms with Gasteiger partial charge >= 0.3 is 0 Å². The Labute approximate surface area is 106 Å². The Morgan fingerprint density at radius 2 is 1.94 bits per heavy atom. The standard InChI is InChI=1S/C12H19N3OS/c1-7(16)8(2)17-12-14-13-11(9-3-4-9)15(12)10-5-6-10/h7-10,16H,3-6H2,1-2H3. The Balaban J connectivity index is 1.83. The van der Waals surface area contributed by atoms with Gasteiger partial charge in [0.1, 0.15) is 5.82 Å². The Morgan fingerprint density at radius 3 is 2.47 bits per heavy atom. The Morgan fingerprint density at radius 1 is 1.24 bits per heavy atom. The predicted molar refractivity (Wildman–Crippen MR) is 67.3 cm³/mol. The van der Waals surface area contributed by atoms with Crippen molar-refractivity contribution in [3.8, 4) is 0 Å². The third-order valence-corrected chi connectivity index (χ3v) is 4.77. The monoisotopic (exact) mass is 253 g/mol. The molecule has 0 spiro atoms. The number of aromatic nitrogens is 3. The molecule has 1 N–H and O–H groups in total. The molecule has 3 rings (SSSR count). The molecule has 2 fully saturated rings. The predicted octanol–water partition coefficient (Wildman–Crippen LogP) is 2.35. The SMILES string of the molecule is CC(O)C(C)Sc1nnc(C2CC2)n1C1CC1. The van der Waals surface area contributed by atoms with Crippen LogP contribution in [0.1, 0.15) is 57.3 Å². The first-order valence-electron chi connectivity index (χ1n) is 6.46. The average Bonchev–Trinajstić information content (AvgIpc) is 3.18. The second kappa shape index (κ2) is 4.28. The van der Waals surface area contributed by atoms with Crippen LogP contribution in [0.4, 0.5) is 0 Å². The minimum Gasteiger partial charge on any atom is -0.392 e. The lowest BCUT2D eigenvalue weighted by atomic mass is 10.3. The van der Waals surface area contributed by atoms with Gasteiger partial charge in [-0.25, -0.2) is 0 Å². The molecule has 0 radical (unpaired) electrons. The van der Waals surface area contributed by atoms with Gasteiger partial charge in [-0.2, -0.15) is 0 Å². The Bertz CT molecular complexity index is 410. The molecule has 0 aliphatic heterocycles. The van der Waals surface area contributed by atoms with E-state index in [1.54, 1.807) is 11.8 Å². The molecule has 2 aliphatic rings. The zero-order valence-electron chi connectivity index (χ0n) is 10.3. The summed E-state index contributed by atoms with van der Waals surface area (Å²) in [5.41, 5.74) is 0. The normalized spacial score (nSPS) is 23.7. The van der Waals surface area contributed by atoms with Crippen molar-refractivity contribution in [2.24, 2.45) is 0 Å². The van der Waals surface area contributed by atoms with Crippen molar-refractivity contribution in [1.29, 1.82) is 0 Å². The van der Waals surface area contributed by atoms with E-state index in [1.165, 1.54) is 31.5 Å². The van der Waals surface area contributed by atoms with Crippen molar-refractivity contribution in [2.45, 2.75) is 68.0 Å². The number of hydrogen-bond acceptors (Lipinski definition) is 4. The van der Waals surface area contributed by atoms with Crippen LogP contribution < -0.4 is 0 Å². The molecule has 2 unspecified atom stereocenters. The molecule has 0 aromatic carbocycles. The molecule has 1 aromatic rings. The summed E-state index contributed by atoms with van der Waals surface area (Å²) in [6, 6.07) is 0.629. The van der Waals surface area contributed by atoms with E-state index in [1.807, 2.05) is 13.8 Å². The fourth-order valence-corrected chi connectivity index (χ4v) is 2.90. The van der Waals surface area contributed by atoms with Crippen LogP contribution in [0.2, 0.25) is 0 Å².